The Morgan fingerprint density at radius 3 is 1.72 bits per heavy atom. The average Bonchev–Trinajstić information content (AvgIpc) is 1.86. The molecule has 0 fully saturated rings. The van der Waals surface area contributed by atoms with Crippen LogP contribution in [0.3, 0.4) is 0 Å². The number of nitrogens with zero attached hydrogens (tertiary/aromatic N) is 2. The van der Waals surface area contributed by atoms with Gasteiger partial charge in [0.1, 0.15) is 28.2 Å². The maximum Gasteiger partial charge on any atom is 0.303 e. The standard InChI is InChI=1S/C68H98N2O17S/c1-7-28-68(5)60-52-54(2)20-24-62(60)69(29-13-9-12-19-65(71)72)64(68)27-22-56-16-14-15-55(66(56)87-57-17-10-8-11-18-57)21-26-63-67(3,4)59-53-58(88(73,74)75)23-25-61(59)70(63)30-31-77-34-35-79-38-39-81-42-43-83-46-47-85-50-51-86-49-48-84-45-44-82-41-40-80-37-36-78-33-32-76-6/h8,10-11,17-18,20-27,52-53H,7,9,12-16,19,28-51H2,1-6H3,(H-,71,72,73,74,75). The molecule has 1 aliphatic carbocycles. The molecular weight excluding hydrogens is 1150 g/mol. The molecule has 88 heavy (non-hydrogen) atoms. The molecule has 3 aliphatic rings. The van der Waals surface area contributed by atoms with Gasteiger partial charge in [-0.25, -0.2) is 8.42 Å². The number of rotatable bonds is 47. The average molecular weight is 1250 g/mol. The van der Waals surface area contributed by atoms with Crippen LogP contribution in [0, 0.1) is 6.92 Å². The first-order valence-electron chi connectivity index (χ1n) is 31.4. The van der Waals surface area contributed by atoms with Gasteiger partial charge < -0.3 is 71.4 Å². The molecule has 1 atom stereocenters. The molecule has 1 unspecified atom stereocenters. The Kier molecular flexibility index (Phi) is 32.0. The number of allylic oxidation sites excluding steroid dienone is 7. The molecule has 0 saturated carbocycles. The second-order valence-electron chi connectivity index (χ2n) is 22.6. The summed E-state index contributed by atoms with van der Waals surface area (Å²) in [6.45, 7) is 21.8. The molecule has 3 aromatic carbocycles. The highest BCUT2D eigenvalue weighted by atomic mass is 32.2. The van der Waals surface area contributed by atoms with Crippen LogP contribution in [0.2, 0.25) is 0 Å². The number of hydrogen-bond donors (Lipinski definition) is 1. The van der Waals surface area contributed by atoms with E-state index in [1.807, 2.05) is 44.2 Å². The Morgan fingerprint density at radius 1 is 0.648 bits per heavy atom. The number of benzene rings is 3. The van der Waals surface area contributed by atoms with Gasteiger partial charge in [0.15, 0.2) is 5.71 Å². The zero-order chi connectivity index (χ0) is 62.9. The Balaban J connectivity index is 0.982. The van der Waals surface area contributed by atoms with E-state index in [1.165, 1.54) is 34.7 Å². The molecule has 0 bridgehead atoms. The zero-order valence-corrected chi connectivity index (χ0v) is 53.9. The number of hydrogen-bond acceptors (Lipinski definition) is 17. The molecule has 488 valence electrons. The Bertz CT molecular complexity index is 2850. The fourth-order valence-electron chi connectivity index (χ4n) is 11.1. The number of aliphatic carboxylic acids is 1. The molecule has 3 aromatic rings. The van der Waals surface area contributed by atoms with Crippen molar-refractivity contribution in [1.82, 2.24) is 0 Å². The lowest BCUT2D eigenvalue weighted by atomic mass is 9.75. The number of carbonyl (C=O) groups is 1. The molecule has 0 amide bonds. The molecule has 6 rings (SSSR count). The molecule has 20 heteroatoms. The molecule has 19 nitrogen and oxygen atoms in total. The second-order valence-corrected chi connectivity index (χ2v) is 24.0. The minimum Gasteiger partial charge on any atom is -0.744 e. The van der Waals surface area contributed by atoms with E-state index >= 15 is 0 Å². The highest BCUT2D eigenvalue weighted by Gasteiger charge is 2.47. The van der Waals surface area contributed by atoms with Crippen molar-refractivity contribution in [3.63, 3.8) is 0 Å². The van der Waals surface area contributed by atoms with Gasteiger partial charge in [0.25, 0.3) is 0 Å². The molecule has 0 saturated heterocycles. The van der Waals surface area contributed by atoms with Crippen molar-refractivity contribution in [2.45, 2.75) is 108 Å². The van der Waals surface area contributed by atoms with Crippen LogP contribution in [-0.4, -0.2) is 193 Å². The minimum absolute atomic E-state index is 0.169. The SMILES string of the molecule is CCCC1(C)C(C=CC2=C(Oc3ccccc3)C(=CC=C3N(CCOCCOCCOCCOCCOCCOCCOCCOCCOCCOCCOC)c4ccc(S(=O)(=O)[O-])cc4C3(C)C)CCC2)=[N+](CCCCCC(=O)O)c2ccc(C)cc21. The Morgan fingerprint density at radius 2 is 1.19 bits per heavy atom. The van der Waals surface area contributed by atoms with Crippen molar-refractivity contribution >= 4 is 33.2 Å². The third-order valence-corrected chi connectivity index (χ3v) is 16.5. The molecule has 1 N–H and O–H groups in total. The summed E-state index contributed by atoms with van der Waals surface area (Å²) >= 11 is 0. The van der Waals surface area contributed by atoms with Crippen LogP contribution < -0.4 is 9.64 Å². The summed E-state index contributed by atoms with van der Waals surface area (Å²) < 4.78 is 107. The van der Waals surface area contributed by atoms with Crippen molar-refractivity contribution in [1.29, 1.82) is 0 Å². The maximum atomic E-state index is 12.4. The smallest absolute Gasteiger partial charge is 0.303 e. The molecule has 2 aliphatic heterocycles. The number of para-hydroxylation sites is 1. The van der Waals surface area contributed by atoms with Crippen molar-refractivity contribution in [2.24, 2.45) is 0 Å². The van der Waals surface area contributed by atoms with Gasteiger partial charge in [-0.1, -0.05) is 63.1 Å². The number of aryl methyl sites for hydroxylation is 1. The van der Waals surface area contributed by atoms with Gasteiger partial charge in [0, 0.05) is 61.0 Å². The van der Waals surface area contributed by atoms with Gasteiger partial charge in [0.2, 0.25) is 5.69 Å². The van der Waals surface area contributed by atoms with E-state index in [0.717, 1.165) is 91.1 Å². The van der Waals surface area contributed by atoms with E-state index in [4.69, 9.17) is 56.8 Å². The van der Waals surface area contributed by atoms with Gasteiger partial charge in [-0.05, 0) is 118 Å². The van der Waals surface area contributed by atoms with E-state index in [9.17, 15) is 22.9 Å². The number of methoxy groups -OCH3 is 1. The largest absolute Gasteiger partial charge is 0.744 e. The summed E-state index contributed by atoms with van der Waals surface area (Å²) in [4.78, 5) is 13.2. The third kappa shape index (κ3) is 23.3. The zero-order valence-electron chi connectivity index (χ0n) is 53.1. The van der Waals surface area contributed by atoms with Gasteiger partial charge >= 0.3 is 5.97 Å². The summed E-state index contributed by atoms with van der Waals surface area (Å²) in [5.74, 6) is 0.758. The van der Waals surface area contributed by atoms with Crippen LogP contribution >= 0.6 is 0 Å². The summed E-state index contributed by atoms with van der Waals surface area (Å²) in [7, 11) is -3.07. The van der Waals surface area contributed by atoms with Gasteiger partial charge in [-0.15, -0.1) is 0 Å². The van der Waals surface area contributed by atoms with Crippen LogP contribution in [-0.2, 0) is 77.8 Å². The molecule has 0 radical (unpaired) electrons. The maximum absolute atomic E-state index is 12.4. The first kappa shape index (κ1) is 71.9. The quantitative estimate of drug-likeness (QED) is 0.0316. The second kappa shape index (κ2) is 39.2. The molecule has 0 spiro atoms. The van der Waals surface area contributed by atoms with E-state index in [1.54, 1.807) is 13.2 Å². The van der Waals surface area contributed by atoms with Crippen molar-refractivity contribution in [2.75, 3.05) is 164 Å². The van der Waals surface area contributed by atoms with E-state index < -0.39 is 21.5 Å². The Hall–Kier alpha value is -5.17. The minimum atomic E-state index is -4.71. The molecular formula is C68H98N2O17S. The normalized spacial score (nSPS) is 17.6. The lowest BCUT2D eigenvalue weighted by Gasteiger charge is -2.27. The fraction of sp³-hybridized carbons (Fsp3) is 0.588. The van der Waals surface area contributed by atoms with Crippen LogP contribution in [0.1, 0.15) is 102 Å². The number of anilines is 1. The number of fused-ring (bicyclic) bond motifs is 2. The molecule has 0 aromatic heterocycles. The topological polar surface area (TPSA) is 212 Å². The van der Waals surface area contributed by atoms with Crippen LogP contribution in [0.15, 0.2) is 119 Å². The lowest BCUT2D eigenvalue weighted by Crippen LogP contribution is -2.31. The number of carboxylic acids is 1. The number of unbranched alkanes of at least 4 members (excludes halogenated alkanes) is 2. The van der Waals surface area contributed by atoms with E-state index in [2.05, 4.69) is 72.7 Å². The summed E-state index contributed by atoms with van der Waals surface area (Å²) in [5, 5.41) is 9.32. The van der Waals surface area contributed by atoms with Gasteiger partial charge in [0.05, 0.1) is 149 Å². The monoisotopic (exact) mass is 1250 g/mol. The molecule has 2 heterocycles. The van der Waals surface area contributed by atoms with Crippen molar-refractivity contribution in [3.8, 4) is 5.75 Å². The summed E-state index contributed by atoms with van der Waals surface area (Å²) in [6, 6.07) is 21.2. The van der Waals surface area contributed by atoms with Crippen molar-refractivity contribution < 1.29 is 84.3 Å². The van der Waals surface area contributed by atoms with E-state index in [0.29, 0.717) is 152 Å². The Labute approximate surface area is 523 Å². The van der Waals surface area contributed by atoms with Crippen LogP contribution in [0.4, 0.5) is 11.4 Å². The van der Waals surface area contributed by atoms with E-state index in [-0.39, 0.29) is 16.7 Å². The van der Waals surface area contributed by atoms with Crippen molar-refractivity contribution in [3.05, 3.63) is 130 Å². The predicted molar refractivity (Wildman–Crippen MR) is 337 cm³/mol. The third-order valence-electron chi connectivity index (χ3n) is 15.6. The number of ether oxygens (including phenoxy) is 12. The van der Waals surface area contributed by atoms with Gasteiger partial charge in [-0.2, -0.15) is 4.58 Å². The first-order chi connectivity index (χ1) is 42.7. The lowest BCUT2D eigenvalue weighted by molar-refractivity contribution is -0.438. The van der Waals surface area contributed by atoms with Crippen LogP contribution in [0.5, 0.6) is 5.75 Å². The highest BCUT2D eigenvalue weighted by Crippen LogP contribution is 2.49. The van der Waals surface area contributed by atoms with Crippen LogP contribution in [0.25, 0.3) is 0 Å². The van der Waals surface area contributed by atoms with Gasteiger partial charge in [-0.3, -0.25) is 4.79 Å². The first-order valence-corrected chi connectivity index (χ1v) is 32.8. The summed E-state index contributed by atoms with van der Waals surface area (Å²) in [6.07, 6.45) is 15.7. The predicted octanol–water partition coefficient (Wildman–Crippen LogP) is 10.2. The summed E-state index contributed by atoms with van der Waals surface area (Å²) in [5.41, 5.74) is 8.61. The highest BCUT2D eigenvalue weighted by molar-refractivity contribution is 7.85. The fourth-order valence-corrected chi connectivity index (χ4v) is 11.6. The number of carboxylic acid groups (broad SMARTS) is 1.